The molecule has 0 N–H and O–H groups in total. The molecule has 0 bridgehead atoms. The van der Waals surface area contributed by atoms with Crippen molar-refractivity contribution in [3.8, 4) is 0 Å². The number of unbranched alkanes of at least 4 members (excludes halogenated alkanes) is 5. The average molecular weight is 557 g/mol. The molecule has 1 atom stereocenters. The van der Waals surface area contributed by atoms with Gasteiger partial charge in [0.15, 0.2) is 0 Å². The Morgan fingerprint density at radius 3 is 1.42 bits per heavy atom. The van der Waals surface area contributed by atoms with Crippen LogP contribution >= 0.6 is 0 Å². The predicted molar refractivity (Wildman–Crippen MR) is 138 cm³/mol. The van der Waals surface area contributed by atoms with E-state index >= 15 is 0 Å². The predicted octanol–water partition coefficient (Wildman–Crippen LogP) is 9.95. The molecule has 0 saturated heterocycles. The van der Waals surface area contributed by atoms with Crippen molar-refractivity contribution in [2.75, 3.05) is 0 Å². The Balaban J connectivity index is 3.38. The zero-order valence-electron chi connectivity index (χ0n) is 23.9. The van der Waals surface area contributed by atoms with Gasteiger partial charge in [-0.25, -0.2) is 0 Å². The molecule has 0 amide bonds. The van der Waals surface area contributed by atoms with Crippen LogP contribution in [0.25, 0.3) is 0 Å². The summed E-state index contributed by atoms with van der Waals surface area (Å²) in [5.41, 5.74) is -2.65. The van der Waals surface area contributed by atoms with Crippen molar-refractivity contribution in [3.63, 3.8) is 0 Å². The van der Waals surface area contributed by atoms with Gasteiger partial charge in [-0.1, -0.05) is 45.4 Å². The van der Waals surface area contributed by atoms with Gasteiger partial charge in [-0.05, 0) is 84.6 Å². The molecule has 1 aromatic rings. The molecule has 38 heavy (non-hydrogen) atoms. The van der Waals surface area contributed by atoms with Crippen LogP contribution in [-0.2, 0) is 33.0 Å². The molecule has 222 valence electrons. The number of alkyl halides is 6. The monoisotopic (exact) mass is 556 g/mol. The average Bonchev–Trinajstić information content (AvgIpc) is 2.75. The summed E-state index contributed by atoms with van der Waals surface area (Å²) < 4.78 is 99.3. The maximum atomic E-state index is 13.4. The molecule has 1 unspecified atom stereocenters. The van der Waals surface area contributed by atoms with E-state index in [1.54, 1.807) is 0 Å². The third-order valence-corrected chi connectivity index (χ3v) is 6.03. The van der Waals surface area contributed by atoms with Gasteiger partial charge < -0.3 is 14.2 Å². The first-order valence-corrected chi connectivity index (χ1v) is 13.8. The van der Waals surface area contributed by atoms with Gasteiger partial charge in [-0.2, -0.15) is 26.3 Å². The van der Waals surface area contributed by atoms with Gasteiger partial charge in [0.25, 0.3) is 5.97 Å². The van der Waals surface area contributed by atoms with Gasteiger partial charge in [0, 0.05) is 5.92 Å². The topological polar surface area (TPSA) is 27.7 Å². The molecule has 9 heteroatoms. The highest BCUT2D eigenvalue weighted by atomic mass is 19.4. The van der Waals surface area contributed by atoms with E-state index in [1.165, 1.54) is 0 Å². The molecule has 1 aromatic carbocycles. The zero-order chi connectivity index (χ0) is 29.1. The minimum absolute atomic E-state index is 0.0143. The van der Waals surface area contributed by atoms with Crippen LogP contribution in [0.4, 0.5) is 26.3 Å². The Kier molecular flexibility index (Phi) is 14.1. The summed E-state index contributed by atoms with van der Waals surface area (Å²) in [4.78, 5) is 0. The van der Waals surface area contributed by atoms with Gasteiger partial charge >= 0.3 is 12.4 Å². The van der Waals surface area contributed by atoms with Gasteiger partial charge in [-0.15, -0.1) is 0 Å². The largest absolute Gasteiger partial charge is 0.416 e. The normalized spacial score (nSPS) is 14.2. The Morgan fingerprint density at radius 2 is 1.03 bits per heavy atom. The third kappa shape index (κ3) is 12.2. The molecule has 1 rings (SSSR count). The molecular formula is C29H46F6O3. The fourth-order valence-electron chi connectivity index (χ4n) is 4.53. The van der Waals surface area contributed by atoms with E-state index < -0.39 is 35.4 Å². The van der Waals surface area contributed by atoms with Crippen molar-refractivity contribution in [1.29, 1.82) is 0 Å². The number of ether oxygens (including phenoxy) is 3. The molecule has 0 aliphatic rings. The standard InChI is InChI=1S/C29H46F6O3/c1-8-9-10-11-12-13-14-24(29(36-20(2)3,37-21(4)5)38-22(6)7)16-15-23-17-25(27(30,31)32)19-26(18-23)28(33,34)35/h17-22,24H,8-16H2,1-7H3. The highest BCUT2D eigenvalue weighted by Crippen LogP contribution is 2.39. The van der Waals surface area contributed by atoms with Gasteiger partial charge in [-0.3, -0.25) is 0 Å². The van der Waals surface area contributed by atoms with Crippen LogP contribution < -0.4 is 0 Å². The number of aryl methyl sites for hydroxylation is 1. The second kappa shape index (κ2) is 15.5. The van der Waals surface area contributed by atoms with E-state index in [0.717, 1.165) is 50.7 Å². The second-order valence-corrected chi connectivity index (χ2v) is 10.8. The highest BCUT2D eigenvalue weighted by Gasteiger charge is 2.45. The lowest BCUT2D eigenvalue weighted by molar-refractivity contribution is -0.433. The van der Waals surface area contributed by atoms with Gasteiger partial charge in [0.1, 0.15) is 0 Å². The summed E-state index contributed by atoms with van der Waals surface area (Å²) in [6.45, 7) is 13.2. The van der Waals surface area contributed by atoms with Gasteiger partial charge in [0.2, 0.25) is 0 Å². The lowest BCUT2D eigenvalue weighted by Crippen LogP contribution is -2.51. The molecule has 0 aliphatic heterocycles. The van der Waals surface area contributed by atoms with E-state index in [0.29, 0.717) is 6.42 Å². The van der Waals surface area contributed by atoms with Gasteiger partial charge in [0.05, 0.1) is 29.4 Å². The SMILES string of the molecule is CCCCCCCCC(CCc1cc(C(F)(F)F)cc(C(F)(F)F)c1)C(OC(C)C)(OC(C)C)OC(C)C. The number of hydrogen-bond acceptors (Lipinski definition) is 3. The van der Waals surface area contributed by atoms with E-state index in [-0.39, 0.29) is 42.8 Å². The van der Waals surface area contributed by atoms with Crippen molar-refractivity contribution in [3.05, 3.63) is 34.9 Å². The first-order valence-electron chi connectivity index (χ1n) is 13.8. The highest BCUT2D eigenvalue weighted by molar-refractivity contribution is 5.33. The van der Waals surface area contributed by atoms with E-state index in [9.17, 15) is 26.3 Å². The second-order valence-electron chi connectivity index (χ2n) is 10.8. The molecule has 0 radical (unpaired) electrons. The Labute approximate surface area is 224 Å². The van der Waals surface area contributed by atoms with Crippen LogP contribution in [0.5, 0.6) is 0 Å². The summed E-state index contributed by atoms with van der Waals surface area (Å²) in [5, 5.41) is 0. The number of benzene rings is 1. The molecule has 0 heterocycles. The maximum absolute atomic E-state index is 13.4. The van der Waals surface area contributed by atoms with Crippen molar-refractivity contribution >= 4 is 0 Å². The number of halogens is 6. The van der Waals surface area contributed by atoms with E-state index in [4.69, 9.17) is 14.2 Å². The fraction of sp³-hybridized carbons (Fsp3) is 0.793. The van der Waals surface area contributed by atoms with Crippen LogP contribution in [0, 0.1) is 5.92 Å². The van der Waals surface area contributed by atoms with E-state index in [2.05, 4.69) is 6.92 Å². The Morgan fingerprint density at radius 1 is 0.605 bits per heavy atom. The summed E-state index contributed by atoms with van der Waals surface area (Å²) >= 11 is 0. The maximum Gasteiger partial charge on any atom is 0.416 e. The third-order valence-electron chi connectivity index (χ3n) is 6.03. The summed E-state index contributed by atoms with van der Waals surface area (Å²) in [7, 11) is 0. The van der Waals surface area contributed by atoms with Crippen molar-refractivity contribution in [1.82, 2.24) is 0 Å². The first kappa shape index (κ1) is 34.7. The number of rotatable bonds is 17. The Bertz CT molecular complexity index is 744. The number of hydrogen-bond donors (Lipinski definition) is 0. The summed E-state index contributed by atoms with van der Waals surface area (Å²) in [6.07, 6.45) is -3.61. The molecule has 0 spiro atoms. The van der Waals surface area contributed by atoms with Crippen molar-refractivity contribution < 1.29 is 40.6 Å². The lowest BCUT2D eigenvalue weighted by atomic mass is 9.90. The van der Waals surface area contributed by atoms with Crippen molar-refractivity contribution in [2.45, 2.75) is 143 Å². The van der Waals surface area contributed by atoms with Crippen molar-refractivity contribution in [2.24, 2.45) is 5.92 Å². The van der Waals surface area contributed by atoms with Crippen LogP contribution in [0.15, 0.2) is 18.2 Å². The molecule has 0 saturated carbocycles. The fourth-order valence-corrected chi connectivity index (χ4v) is 4.53. The molecular weight excluding hydrogens is 510 g/mol. The smallest absolute Gasteiger partial charge is 0.324 e. The summed E-state index contributed by atoms with van der Waals surface area (Å²) in [5.74, 6) is -1.89. The van der Waals surface area contributed by atoms with Crippen LogP contribution in [0.2, 0.25) is 0 Å². The van der Waals surface area contributed by atoms with Crippen LogP contribution in [0.3, 0.4) is 0 Å². The minimum Gasteiger partial charge on any atom is -0.324 e. The van der Waals surface area contributed by atoms with Crippen LogP contribution in [0.1, 0.15) is 117 Å². The Hall–Kier alpha value is -1.32. The van der Waals surface area contributed by atoms with Crippen LogP contribution in [-0.4, -0.2) is 24.3 Å². The minimum atomic E-state index is -4.89. The quantitative estimate of drug-likeness (QED) is 0.109. The lowest BCUT2D eigenvalue weighted by Gasteiger charge is -2.43. The molecule has 3 nitrogen and oxygen atoms in total. The molecule has 0 aromatic heterocycles. The molecule has 0 aliphatic carbocycles. The van der Waals surface area contributed by atoms with E-state index in [1.807, 2.05) is 41.5 Å². The molecule has 0 fully saturated rings. The zero-order valence-corrected chi connectivity index (χ0v) is 23.9. The first-order chi connectivity index (χ1) is 17.5. The summed E-state index contributed by atoms with van der Waals surface area (Å²) in [6, 6.07) is 1.76.